The first-order valence-electron chi connectivity index (χ1n) is 9.94. The van der Waals surface area contributed by atoms with Gasteiger partial charge in [0.05, 0.1) is 23.5 Å². The van der Waals surface area contributed by atoms with Crippen molar-refractivity contribution in [1.82, 2.24) is 9.88 Å². The van der Waals surface area contributed by atoms with E-state index in [1.54, 1.807) is 0 Å². The van der Waals surface area contributed by atoms with Gasteiger partial charge in [0.2, 0.25) is 11.8 Å². The summed E-state index contributed by atoms with van der Waals surface area (Å²) in [7, 11) is 2.13. The van der Waals surface area contributed by atoms with E-state index in [-0.39, 0.29) is 12.3 Å². The van der Waals surface area contributed by atoms with Crippen molar-refractivity contribution in [3.05, 3.63) is 66.1 Å². The van der Waals surface area contributed by atoms with E-state index in [1.165, 1.54) is 0 Å². The van der Waals surface area contributed by atoms with E-state index in [4.69, 9.17) is 4.42 Å². The van der Waals surface area contributed by atoms with Crippen molar-refractivity contribution < 1.29 is 9.21 Å². The zero-order chi connectivity index (χ0) is 20.2. The lowest BCUT2D eigenvalue weighted by molar-refractivity contribution is -0.115. The monoisotopic (exact) mass is 390 g/mol. The van der Waals surface area contributed by atoms with Crippen LogP contribution in [0.1, 0.15) is 11.5 Å². The van der Waals surface area contributed by atoms with Gasteiger partial charge in [0, 0.05) is 31.7 Å². The molecule has 0 spiro atoms. The maximum atomic E-state index is 12.7. The molecule has 3 aromatic rings. The Bertz CT molecular complexity index is 976. The average Bonchev–Trinajstić information content (AvgIpc) is 3.10. The number of oxazole rings is 1. The Labute approximate surface area is 171 Å². The highest BCUT2D eigenvalue weighted by Gasteiger charge is 2.19. The largest absolute Gasteiger partial charge is 0.441 e. The standard InChI is InChI=1S/C23H26N4O2/c1-17-20(25-23(29-17)18-8-4-3-5-9-18)16-22(28)24-19-10-6-7-11-21(19)27-14-12-26(2)13-15-27/h3-11H,12-16H2,1-2H3,(H,24,28). The number of likely N-dealkylation sites (N-methyl/N-ethyl adjacent to an activating group) is 1. The molecule has 0 unspecified atom stereocenters. The van der Waals surface area contributed by atoms with Crippen LogP contribution in [0.5, 0.6) is 0 Å². The van der Waals surface area contributed by atoms with Crippen molar-refractivity contribution >= 4 is 17.3 Å². The Morgan fingerprint density at radius 3 is 2.48 bits per heavy atom. The first kappa shape index (κ1) is 19.2. The number of hydrogen-bond donors (Lipinski definition) is 1. The summed E-state index contributed by atoms with van der Waals surface area (Å²) in [6.45, 7) is 5.78. The third kappa shape index (κ3) is 4.49. The van der Waals surface area contributed by atoms with Crippen LogP contribution in [0.25, 0.3) is 11.5 Å². The first-order valence-corrected chi connectivity index (χ1v) is 9.94. The number of anilines is 2. The number of aromatic nitrogens is 1. The number of aryl methyl sites for hydroxylation is 1. The second-order valence-electron chi connectivity index (χ2n) is 7.42. The average molecular weight is 390 g/mol. The van der Waals surface area contributed by atoms with Crippen LogP contribution in [0, 0.1) is 6.92 Å². The lowest BCUT2D eigenvalue weighted by Crippen LogP contribution is -2.44. The molecule has 1 fully saturated rings. The molecule has 0 saturated carbocycles. The van der Waals surface area contributed by atoms with Crippen molar-refractivity contribution in [2.24, 2.45) is 0 Å². The fourth-order valence-electron chi connectivity index (χ4n) is 3.55. The lowest BCUT2D eigenvalue weighted by atomic mass is 10.2. The summed E-state index contributed by atoms with van der Waals surface area (Å²) in [4.78, 5) is 21.9. The van der Waals surface area contributed by atoms with Gasteiger partial charge in [0.25, 0.3) is 0 Å². The van der Waals surface area contributed by atoms with Crippen LogP contribution >= 0.6 is 0 Å². The Hall–Kier alpha value is -3.12. The van der Waals surface area contributed by atoms with Crippen LogP contribution in [0.15, 0.2) is 59.0 Å². The van der Waals surface area contributed by atoms with E-state index in [2.05, 4.69) is 33.2 Å². The molecule has 150 valence electrons. The molecular weight excluding hydrogens is 364 g/mol. The Morgan fingerprint density at radius 2 is 1.72 bits per heavy atom. The van der Waals surface area contributed by atoms with Gasteiger partial charge in [0.15, 0.2) is 0 Å². The van der Waals surface area contributed by atoms with E-state index < -0.39 is 0 Å². The number of amides is 1. The van der Waals surface area contributed by atoms with Crippen molar-refractivity contribution in [1.29, 1.82) is 0 Å². The molecule has 1 aliphatic heterocycles. The molecule has 0 bridgehead atoms. The Balaban J connectivity index is 1.46. The first-order chi connectivity index (χ1) is 14.1. The van der Waals surface area contributed by atoms with Crippen molar-refractivity contribution in [3.8, 4) is 11.5 Å². The van der Waals surface area contributed by atoms with Crippen LogP contribution in [-0.2, 0) is 11.2 Å². The molecular formula is C23H26N4O2. The number of carbonyl (C=O) groups is 1. The zero-order valence-electron chi connectivity index (χ0n) is 16.9. The summed E-state index contributed by atoms with van der Waals surface area (Å²) < 4.78 is 5.78. The molecule has 4 rings (SSSR count). The van der Waals surface area contributed by atoms with Gasteiger partial charge in [-0.3, -0.25) is 4.79 Å². The number of nitrogens with zero attached hydrogens (tertiary/aromatic N) is 3. The molecule has 0 radical (unpaired) electrons. The minimum atomic E-state index is -0.0948. The predicted octanol–water partition coefficient (Wildman–Crippen LogP) is 3.58. The summed E-state index contributed by atoms with van der Waals surface area (Å²) in [6.07, 6.45) is 0.180. The SMILES string of the molecule is Cc1oc(-c2ccccc2)nc1CC(=O)Nc1ccccc1N1CCN(C)CC1. The van der Waals surface area contributed by atoms with E-state index in [0.717, 1.165) is 43.1 Å². The highest BCUT2D eigenvalue weighted by molar-refractivity contribution is 5.95. The zero-order valence-corrected chi connectivity index (χ0v) is 16.9. The van der Waals surface area contributed by atoms with E-state index in [1.807, 2.05) is 55.5 Å². The fourth-order valence-corrected chi connectivity index (χ4v) is 3.55. The smallest absolute Gasteiger partial charge is 0.230 e. The summed E-state index contributed by atoms with van der Waals surface area (Å²) in [6, 6.07) is 17.7. The van der Waals surface area contributed by atoms with E-state index >= 15 is 0 Å². The number of para-hydroxylation sites is 2. The van der Waals surface area contributed by atoms with Gasteiger partial charge in [-0.15, -0.1) is 0 Å². The third-order valence-electron chi connectivity index (χ3n) is 5.26. The molecule has 1 N–H and O–H groups in total. The fraction of sp³-hybridized carbons (Fsp3) is 0.304. The second kappa shape index (κ2) is 8.49. The quantitative estimate of drug-likeness (QED) is 0.721. The summed E-state index contributed by atoms with van der Waals surface area (Å²) >= 11 is 0. The number of nitrogens with one attached hydrogen (secondary N) is 1. The van der Waals surface area contributed by atoms with Gasteiger partial charge in [-0.25, -0.2) is 4.98 Å². The molecule has 29 heavy (non-hydrogen) atoms. The molecule has 6 heteroatoms. The topological polar surface area (TPSA) is 61.6 Å². The molecule has 1 saturated heterocycles. The van der Waals surface area contributed by atoms with Crippen molar-refractivity contribution in [2.75, 3.05) is 43.4 Å². The number of carbonyl (C=O) groups excluding carboxylic acids is 1. The van der Waals surface area contributed by atoms with Gasteiger partial charge in [-0.1, -0.05) is 30.3 Å². The molecule has 0 aliphatic carbocycles. The molecule has 0 atom stereocenters. The summed E-state index contributed by atoms with van der Waals surface area (Å²) in [5.41, 5.74) is 3.48. The van der Waals surface area contributed by atoms with Crippen LogP contribution in [0.2, 0.25) is 0 Å². The molecule has 2 heterocycles. The molecule has 6 nitrogen and oxygen atoms in total. The maximum Gasteiger partial charge on any atom is 0.230 e. The number of rotatable bonds is 5. The minimum absolute atomic E-state index is 0.0948. The molecule has 1 aliphatic rings. The Morgan fingerprint density at radius 1 is 1.03 bits per heavy atom. The lowest BCUT2D eigenvalue weighted by Gasteiger charge is -2.35. The highest BCUT2D eigenvalue weighted by atomic mass is 16.4. The summed E-state index contributed by atoms with van der Waals surface area (Å²) in [5.74, 6) is 1.12. The van der Waals surface area contributed by atoms with Crippen LogP contribution < -0.4 is 10.2 Å². The predicted molar refractivity (Wildman–Crippen MR) is 115 cm³/mol. The normalized spacial score (nSPS) is 14.8. The minimum Gasteiger partial charge on any atom is -0.441 e. The third-order valence-corrected chi connectivity index (χ3v) is 5.26. The number of piperazine rings is 1. The Kier molecular flexibility index (Phi) is 5.62. The van der Waals surface area contributed by atoms with Gasteiger partial charge in [0.1, 0.15) is 5.76 Å². The summed E-state index contributed by atoms with van der Waals surface area (Å²) in [5, 5.41) is 3.07. The highest BCUT2D eigenvalue weighted by Crippen LogP contribution is 2.27. The second-order valence-corrected chi connectivity index (χ2v) is 7.42. The van der Waals surface area contributed by atoms with Crippen LogP contribution in [0.4, 0.5) is 11.4 Å². The maximum absolute atomic E-state index is 12.7. The van der Waals surface area contributed by atoms with Crippen molar-refractivity contribution in [3.63, 3.8) is 0 Å². The van der Waals surface area contributed by atoms with E-state index in [0.29, 0.717) is 17.3 Å². The van der Waals surface area contributed by atoms with E-state index in [9.17, 15) is 4.79 Å². The van der Waals surface area contributed by atoms with Crippen LogP contribution in [-0.4, -0.2) is 49.0 Å². The van der Waals surface area contributed by atoms with Crippen molar-refractivity contribution in [2.45, 2.75) is 13.3 Å². The van der Waals surface area contributed by atoms with Gasteiger partial charge < -0.3 is 19.5 Å². The number of hydrogen-bond acceptors (Lipinski definition) is 5. The molecule has 1 aromatic heterocycles. The van der Waals surface area contributed by atoms with Gasteiger partial charge >= 0.3 is 0 Å². The number of benzene rings is 2. The molecule has 1 amide bonds. The van der Waals surface area contributed by atoms with Gasteiger partial charge in [-0.05, 0) is 38.2 Å². The van der Waals surface area contributed by atoms with Crippen LogP contribution in [0.3, 0.4) is 0 Å². The van der Waals surface area contributed by atoms with Gasteiger partial charge in [-0.2, -0.15) is 0 Å². The molecule has 2 aromatic carbocycles.